The van der Waals surface area contributed by atoms with Gasteiger partial charge in [0.15, 0.2) is 12.0 Å². The van der Waals surface area contributed by atoms with Crippen molar-refractivity contribution in [2.75, 3.05) is 44.4 Å². The van der Waals surface area contributed by atoms with E-state index < -0.39 is 43.1 Å². The van der Waals surface area contributed by atoms with E-state index in [-0.39, 0.29) is 83.4 Å². The van der Waals surface area contributed by atoms with Gasteiger partial charge in [-0.05, 0) is 31.7 Å². The lowest BCUT2D eigenvalue weighted by Gasteiger charge is -2.45. The van der Waals surface area contributed by atoms with E-state index in [2.05, 4.69) is 25.5 Å². The number of pyridine rings is 1. The monoisotopic (exact) mass is 658 g/mol. The van der Waals surface area contributed by atoms with Gasteiger partial charge in [0, 0.05) is 37.1 Å². The van der Waals surface area contributed by atoms with Gasteiger partial charge in [-0.2, -0.15) is 15.1 Å². The smallest absolute Gasteiger partial charge is 0.407 e. The van der Waals surface area contributed by atoms with Crippen molar-refractivity contribution in [1.29, 1.82) is 0 Å². The highest BCUT2D eigenvalue weighted by Crippen LogP contribution is 2.44. The van der Waals surface area contributed by atoms with E-state index in [1.54, 1.807) is 11.0 Å². The molecule has 12 nitrogen and oxygen atoms in total. The van der Waals surface area contributed by atoms with Gasteiger partial charge in [-0.25, -0.2) is 18.0 Å². The van der Waals surface area contributed by atoms with Crippen LogP contribution in [0, 0.1) is 11.7 Å². The SMILES string of the molecule is O=C1N[C@@H]2C[C@@H](CF)N(C2)c2nc(OC3[C@@H]4CCCN3C[C@H](F)C4)nc3c(F)c(ncc23)-c2c(c(Cl)cc3[nH]ncc23)OCCO1. The molecule has 8 heterocycles. The summed E-state index contributed by atoms with van der Waals surface area (Å²) in [4.78, 5) is 30.0. The number of anilines is 1. The molecule has 2 N–H and O–H groups in total. The van der Waals surface area contributed by atoms with Gasteiger partial charge >= 0.3 is 12.1 Å². The molecule has 0 spiro atoms. The molecule has 5 aliphatic heterocycles. The number of carbonyl (C=O) groups excluding carboxylic acids is 1. The number of piperidine rings is 2. The molecule has 6 atom stereocenters. The zero-order valence-corrected chi connectivity index (χ0v) is 25.3. The molecule has 8 bridgehead atoms. The lowest BCUT2D eigenvalue weighted by Crippen LogP contribution is -2.55. The normalized spacial score (nSPS) is 27.8. The summed E-state index contributed by atoms with van der Waals surface area (Å²) in [6, 6.07) is 0.306. The van der Waals surface area contributed by atoms with Crippen LogP contribution >= 0.6 is 11.6 Å². The number of fused-ring (bicyclic) bond motifs is 9. The van der Waals surface area contributed by atoms with E-state index in [1.807, 2.05) is 4.90 Å². The van der Waals surface area contributed by atoms with Crippen LogP contribution in [0.2, 0.25) is 5.02 Å². The predicted octanol–water partition coefficient (Wildman–Crippen LogP) is 4.55. The van der Waals surface area contributed by atoms with Crippen LogP contribution in [0.5, 0.6) is 11.8 Å². The average Bonchev–Trinajstić information content (AvgIpc) is 3.66. The molecule has 3 aromatic heterocycles. The zero-order valence-electron chi connectivity index (χ0n) is 24.5. The highest BCUT2D eigenvalue weighted by atomic mass is 35.5. The zero-order chi connectivity index (χ0) is 31.5. The number of carbonyl (C=O) groups is 1. The average molecular weight is 659 g/mol. The Morgan fingerprint density at radius 1 is 1.13 bits per heavy atom. The van der Waals surface area contributed by atoms with Gasteiger partial charge in [0.1, 0.15) is 48.8 Å². The molecule has 242 valence electrons. The van der Waals surface area contributed by atoms with Crippen LogP contribution in [-0.4, -0.2) is 100 Å². The number of rotatable bonds is 3. The van der Waals surface area contributed by atoms with Gasteiger partial charge in [0.05, 0.1) is 39.8 Å². The first-order valence-corrected chi connectivity index (χ1v) is 15.7. The number of benzene rings is 1. The van der Waals surface area contributed by atoms with Gasteiger partial charge < -0.3 is 24.4 Å². The van der Waals surface area contributed by atoms with Crippen LogP contribution in [0.4, 0.5) is 23.8 Å². The van der Waals surface area contributed by atoms with Crippen molar-refractivity contribution in [2.24, 2.45) is 5.92 Å². The summed E-state index contributed by atoms with van der Waals surface area (Å²) < 4.78 is 63.6. The van der Waals surface area contributed by atoms with Crippen LogP contribution in [0.25, 0.3) is 33.1 Å². The molecular formula is C30H30ClF3N8O4. The molecule has 0 aliphatic carbocycles. The van der Waals surface area contributed by atoms with Gasteiger partial charge in [-0.1, -0.05) is 11.6 Å². The van der Waals surface area contributed by atoms with Crippen LogP contribution < -0.4 is 19.7 Å². The Bertz CT molecular complexity index is 1820. The highest BCUT2D eigenvalue weighted by molar-refractivity contribution is 6.33. The summed E-state index contributed by atoms with van der Waals surface area (Å²) in [5, 5.41) is 10.6. The van der Waals surface area contributed by atoms with E-state index in [4.69, 9.17) is 30.8 Å². The molecule has 0 radical (unpaired) electrons. The first-order valence-electron chi connectivity index (χ1n) is 15.3. The molecular weight excluding hydrogens is 629 g/mol. The van der Waals surface area contributed by atoms with Crippen molar-refractivity contribution in [3.05, 3.63) is 29.3 Å². The summed E-state index contributed by atoms with van der Waals surface area (Å²) in [7, 11) is 0. The van der Waals surface area contributed by atoms with Crippen LogP contribution in [0.15, 0.2) is 18.5 Å². The Morgan fingerprint density at radius 3 is 2.85 bits per heavy atom. The number of hydrogen-bond donors (Lipinski definition) is 2. The van der Waals surface area contributed by atoms with Crippen molar-refractivity contribution in [1.82, 2.24) is 35.4 Å². The molecule has 46 heavy (non-hydrogen) atoms. The molecule has 1 aromatic carbocycles. The molecule has 16 heteroatoms. The largest absolute Gasteiger partial charge is 0.488 e. The number of alkyl carbamates (subject to hydrolysis) is 1. The molecule has 9 rings (SSSR count). The Labute approximate surface area is 265 Å². The summed E-state index contributed by atoms with van der Waals surface area (Å²) >= 11 is 6.62. The number of aromatic nitrogens is 5. The second-order valence-corrected chi connectivity index (χ2v) is 12.6. The highest BCUT2D eigenvalue weighted by Gasteiger charge is 2.42. The Morgan fingerprint density at radius 2 is 2.00 bits per heavy atom. The Hall–Kier alpha value is -4.11. The van der Waals surface area contributed by atoms with Crippen molar-refractivity contribution < 1.29 is 32.2 Å². The van der Waals surface area contributed by atoms with E-state index >= 15 is 4.39 Å². The molecule has 2 unspecified atom stereocenters. The summed E-state index contributed by atoms with van der Waals surface area (Å²) in [6.07, 6.45) is 3.10. The minimum absolute atomic E-state index is 0.0887. The lowest BCUT2D eigenvalue weighted by atomic mass is 9.86. The number of amides is 1. The van der Waals surface area contributed by atoms with Gasteiger partial charge in [0.2, 0.25) is 0 Å². The summed E-state index contributed by atoms with van der Waals surface area (Å²) in [6.45, 7) is 0.0756. The van der Waals surface area contributed by atoms with Crippen molar-refractivity contribution in [3.8, 4) is 23.0 Å². The minimum Gasteiger partial charge on any atom is -0.488 e. The van der Waals surface area contributed by atoms with Gasteiger partial charge in [0.25, 0.3) is 0 Å². The number of nitrogens with zero attached hydrogens (tertiary/aromatic N) is 6. The van der Waals surface area contributed by atoms with E-state index in [9.17, 15) is 13.6 Å². The fourth-order valence-corrected chi connectivity index (χ4v) is 7.55. The quantitative estimate of drug-likeness (QED) is 0.323. The lowest BCUT2D eigenvalue weighted by molar-refractivity contribution is -0.0989. The fraction of sp³-hybridized carbons (Fsp3) is 0.500. The summed E-state index contributed by atoms with van der Waals surface area (Å²) in [5.74, 6) is -0.555. The summed E-state index contributed by atoms with van der Waals surface area (Å²) in [5.41, 5.74) is 0.522. The maximum Gasteiger partial charge on any atom is 0.407 e. The van der Waals surface area contributed by atoms with E-state index in [0.29, 0.717) is 23.9 Å². The number of alkyl halides is 2. The topological polar surface area (TPSA) is 131 Å². The minimum atomic E-state index is -0.962. The third-order valence-electron chi connectivity index (χ3n) is 9.28. The first kappa shape index (κ1) is 29.3. The number of nitrogens with one attached hydrogen (secondary N) is 2. The van der Waals surface area contributed by atoms with E-state index in [0.717, 1.165) is 12.8 Å². The molecule has 3 fully saturated rings. The first-order chi connectivity index (χ1) is 22.4. The second-order valence-electron chi connectivity index (χ2n) is 12.2. The number of H-pyrrole nitrogens is 1. The Kier molecular flexibility index (Phi) is 7.39. The van der Waals surface area contributed by atoms with E-state index in [1.165, 1.54) is 12.4 Å². The van der Waals surface area contributed by atoms with Crippen molar-refractivity contribution in [3.63, 3.8) is 0 Å². The van der Waals surface area contributed by atoms with Crippen LogP contribution in [-0.2, 0) is 4.74 Å². The molecule has 0 saturated carbocycles. The maximum atomic E-state index is 16.9. The van der Waals surface area contributed by atoms with Gasteiger partial charge in [-0.3, -0.25) is 15.0 Å². The molecule has 4 aromatic rings. The van der Waals surface area contributed by atoms with Crippen LogP contribution in [0.3, 0.4) is 0 Å². The molecule has 1 amide bonds. The number of halogens is 4. The number of aromatic amines is 1. The Balaban J connectivity index is 1.33. The van der Waals surface area contributed by atoms with Crippen molar-refractivity contribution in [2.45, 2.75) is 50.2 Å². The second kappa shape index (κ2) is 11.6. The third-order valence-corrected chi connectivity index (χ3v) is 9.56. The van der Waals surface area contributed by atoms with Crippen LogP contribution in [0.1, 0.15) is 25.7 Å². The predicted molar refractivity (Wildman–Crippen MR) is 161 cm³/mol. The molecule has 3 saturated heterocycles. The fourth-order valence-electron chi connectivity index (χ4n) is 7.29. The molecule has 5 aliphatic rings. The third kappa shape index (κ3) is 5.00. The maximum absolute atomic E-state index is 16.9. The number of hydrogen-bond acceptors (Lipinski definition) is 10. The number of ether oxygens (including phenoxy) is 3. The van der Waals surface area contributed by atoms with Gasteiger partial charge in [-0.15, -0.1) is 0 Å². The van der Waals surface area contributed by atoms with Crippen molar-refractivity contribution >= 4 is 45.3 Å². The standard InChI is InChI=1S/C30H30ClF3N8O4/c31-20-8-21-18(11-36-40-21)22-25-23(34)24-19(10-35-25)27(39-29(38-24)46-28-14-2-1-3-41(28)12-15(33)6-14)42-13-16(7-17(42)9-32)37-30(43)45-5-4-44-26(20)22/h8,10-11,14-17,28H,1-7,9,12-13H2,(H,36,40)(H,37,43)/t14-,15-,16-,17+,28?/m1/s1.